The summed E-state index contributed by atoms with van der Waals surface area (Å²) in [7, 11) is 0. The van der Waals surface area contributed by atoms with E-state index in [0.29, 0.717) is 12.3 Å². The Labute approximate surface area is 87.6 Å². The van der Waals surface area contributed by atoms with Crippen molar-refractivity contribution in [2.24, 2.45) is 5.73 Å². The van der Waals surface area contributed by atoms with E-state index in [9.17, 15) is 0 Å². The highest BCUT2D eigenvalue weighted by molar-refractivity contribution is 4.71. The first-order valence-corrected chi connectivity index (χ1v) is 5.81. The Hall–Kier alpha value is -0.120. The smallest absolute Gasteiger partial charge is 0.0571 e. The molecule has 0 aliphatic carbocycles. The normalized spacial score (nSPS) is 24.4. The molecule has 0 aromatic rings. The molecule has 0 bridgehead atoms. The number of piperidine rings is 1. The molecule has 0 spiro atoms. The molecular formula is C11H24N2O. The third-order valence-electron chi connectivity index (χ3n) is 2.71. The fourth-order valence-corrected chi connectivity index (χ4v) is 1.88. The summed E-state index contributed by atoms with van der Waals surface area (Å²) in [5.74, 6) is 0. The van der Waals surface area contributed by atoms with E-state index in [1.807, 2.05) is 0 Å². The molecule has 1 atom stereocenters. The summed E-state index contributed by atoms with van der Waals surface area (Å²) < 4.78 is 5.50. The topological polar surface area (TPSA) is 38.5 Å². The van der Waals surface area contributed by atoms with E-state index in [2.05, 4.69) is 18.7 Å². The van der Waals surface area contributed by atoms with Gasteiger partial charge in [-0.25, -0.2) is 0 Å². The van der Waals surface area contributed by atoms with Gasteiger partial charge in [0.2, 0.25) is 0 Å². The van der Waals surface area contributed by atoms with E-state index in [1.54, 1.807) is 0 Å². The number of nitrogens with zero attached hydrogens (tertiary/aromatic N) is 1. The number of ether oxygens (including phenoxy) is 1. The lowest BCUT2D eigenvalue weighted by molar-refractivity contribution is 0.0626. The minimum Gasteiger partial charge on any atom is -0.379 e. The van der Waals surface area contributed by atoms with Crippen LogP contribution in [-0.4, -0.2) is 36.9 Å². The molecule has 3 heteroatoms. The van der Waals surface area contributed by atoms with Gasteiger partial charge in [-0.1, -0.05) is 0 Å². The summed E-state index contributed by atoms with van der Waals surface area (Å²) >= 11 is 0. The largest absolute Gasteiger partial charge is 0.379 e. The Morgan fingerprint density at radius 3 is 2.86 bits per heavy atom. The van der Waals surface area contributed by atoms with Crippen LogP contribution >= 0.6 is 0 Å². The average molecular weight is 200 g/mol. The Kier molecular flexibility index (Phi) is 5.45. The molecule has 0 aromatic heterocycles. The molecule has 14 heavy (non-hydrogen) atoms. The summed E-state index contributed by atoms with van der Waals surface area (Å²) in [4.78, 5) is 2.38. The maximum Gasteiger partial charge on any atom is 0.0571 e. The second kappa shape index (κ2) is 6.38. The SMILES string of the molecule is CC(C)OCCCN1CCCC[C@@H]1N. The molecule has 84 valence electrons. The van der Waals surface area contributed by atoms with Crippen LogP contribution in [0.2, 0.25) is 0 Å². The lowest BCUT2D eigenvalue weighted by Gasteiger charge is -2.32. The van der Waals surface area contributed by atoms with E-state index >= 15 is 0 Å². The first-order chi connectivity index (χ1) is 6.70. The third kappa shape index (κ3) is 4.40. The van der Waals surface area contributed by atoms with Gasteiger partial charge in [-0.05, 0) is 46.1 Å². The average Bonchev–Trinajstić information content (AvgIpc) is 2.15. The second-order valence-electron chi connectivity index (χ2n) is 4.37. The summed E-state index contributed by atoms with van der Waals surface area (Å²) in [6.45, 7) is 7.27. The monoisotopic (exact) mass is 200 g/mol. The highest BCUT2D eigenvalue weighted by Gasteiger charge is 2.17. The first kappa shape index (κ1) is 12.0. The van der Waals surface area contributed by atoms with Crippen molar-refractivity contribution in [1.82, 2.24) is 4.90 Å². The molecule has 3 nitrogen and oxygen atoms in total. The Balaban J connectivity index is 2.04. The molecular weight excluding hydrogens is 176 g/mol. The maximum atomic E-state index is 6.01. The van der Waals surface area contributed by atoms with Crippen molar-refractivity contribution >= 4 is 0 Å². The van der Waals surface area contributed by atoms with Crippen LogP contribution in [0.3, 0.4) is 0 Å². The van der Waals surface area contributed by atoms with Crippen molar-refractivity contribution in [2.45, 2.75) is 51.8 Å². The molecule has 1 rings (SSSR count). The predicted molar refractivity (Wildman–Crippen MR) is 59.1 cm³/mol. The summed E-state index contributed by atoms with van der Waals surface area (Å²) in [6, 6.07) is 0. The predicted octanol–water partition coefficient (Wildman–Crippen LogP) is 1.57. The molecule has 0 unspecified atom stereocenters. The fraction of sp³-hybridized carbons (Fsp3) is 1.00. The molecule has 1 fully saturated rings. The van der Waals surface area contributed by atoms with Gasteiger partial charge in [-0.2, -0.15) is 0 Å². The van der Waals surface area contributed by atoms with Crippen molar-refractivity contribution in [3.05, 3.63) is 0 Å². The first-order valence-electron chi connectivity index (χ1n) is 5.81. The van der Waals surface area contributed by atoms with Crippen LogP contribution in [0.5, 0.6) is 0 Å². The maximum absolute atomic E-state index is 6.01. The van der Waals surface area contributed by atoms with Crippen molar-refractivity contribution in [1.29, 1.82) is 0 Å². The lowest BCUT2D eigenvalue weighted by Crippen LogP contribution is -2.45. The number of likely N-dealkylation sites (tertiary alicyclic amines) is 1. The van der Waals surface area contributed by atoms with Crippen LogP contribution in [0.1, 0.15) is 39.5 Å². The second-order valence-corrected chi connectivity index (χ2v) is 4.37. The van der Waals surface area contributed by atoms with Gasteiger partial charge in [-0.3, -0.25) is 4.90 Å². The van der Waals surface area contributed by atoms with Crippen LogP contribution in [0.15, 0.2) is 0 Å². The zero-order valence-corrected chi connectivity index (χ0v) is 9.54. The summed E-state index contributed by atoms with van der Waals surface area (Å²) in [6.07, 6.45) is 5.50. The van der Waals surface area contributed by atoms with E-state index in [4.69, 9.17) is 10.5 Å². The van der Waals surface area contributed by atoms with Crippen LogP contribution in [0.25, 0.3) is 0 Å². The third-order valence-corrected chi connectivity index (χ3v) is 2.71. The molecule has 1 aliphatic rings. The van der Waals surface area contributed by atoms with Gasteiger partial charge in [0.1, 0.15) is 0 Å². The minimum atomic E-state index is 0.294. The van der Waals surface area contributed by atoms with Crippen LogP contribution < -0.4 is 5.73 Å². The minimum absolute atomic E-state index is 0.294. The number of hydrogen-bond acceptors (Lipinski definition) is 3. The molecule has 0 aromatic carbocycles. The number of rotatable bonds is 5. The summed E-state index contributed by atoms with van der Waals surface area (Å²) in [5.41, 5.74) is 6.01. The molecule has 0 radical (unpaired) electrons. The van der Waals surface area contributed by atoms with Gasteiger partial charge in [0, 0.05) is 13.2 Å². The molecule has 0 amide bonds. The van der Waals surface area contributed by atoms with Gasteiger partial charge in [0.25, 0.3) is 0 Å². The molecule has 0 saturated carbocycles. The lowest BCUT2D eigenvalue weighted by atomic mass is 10.1. The number of hydrogen-bond donors (Lipinski definition) is 1. The van der Waals surface area contributed by atoms with Crippen molar-refractivity contribution in [3.63, 3.8) is 0 Å². The number of nitrogens with two attached hydrogens (primary N) is 1. The van der Waals surface area contributed by atoms with E-state index < -0.39 is 0 Å². The Morgan fingerprint density at radius 1 is 1.43 bits per heavy atom. The molecule has 1 saturated heterocycles. The van der Waals surface area contributed by atoms with Gasteiger partial charge < -0.3 is 10.5 Å². The quantitative estimate of drug-likeness (QED) is 0.685. The fourth-order valence-electron chi connectivity index (χ4n) is 1.88. The Morgan fingerprint density at radius 2 is 2.21 bits per heavy atom. The van der Waals surface area contributed by atoms with Crippen molar-refractivity contribution < 1.29 is 4.74 Å². The molecule has 2 N–H and O–H groups in total. The standard InChI is InChI=1S/C11H24N2O/c1-10(2)14-9-5-8-13-7-4-3-6-11(13)12/h10-11H,3-9,12H2,1-2H3/t11-/m1/s1. The van der Waals surface area contributed by atoms with Gasteiger partial charge in [0.15, 0.2) is 0 Å². The van der Waals surface area contributed by atoms with Crippen molar-refractivity contribution in [2.75, 3.05) is 19.7 Å². The van der Waals surface area contributed by atoms with Crippen LogP contribution in [-0.2, 0) is 4.74 Å². The van der Waals surface area contributed by atoms with Crippen LogP contribution in [0, 0.1) is 0 Å². The molecule has 1 heterocycles. The highest BCUT2D eigenvalue weighted by atomic mass is 16.5. The van der Waals surface area contributed by atoms with Gasteiger partial charge in [-0.15, -0.1) is 0 Å². The summed E-state index contributed by atoms with van der Waals surface area (Å²) in [5, 5.41) is 0. The van der Waals surface area contributed by atoms with Crippen LogP contribution in [0.4, 0.5) is 0 Å². The van der Waals surface area contributed by atoms with Crippen molar-refractivity contribution in [3.8, 4) is 0 Å². The van der Waals surface area contributed by atoms with E-state index in [-0.39, 0.29) is 0 Å². The highest BCUT2D eigenvalue weighted by Crippen LogP contribution is 2.13. The zero-order valence-electron chi connectivity index (χ0n) is 9.54. The van der Waals surface area contributed by atoms with E-state index in [1.165, 1.54) is 19.4 Å². The van der Waals surface area contributed by atoms with Gasteiger partial charge >= 0.3 is 0 Å². The molecule has 1 aliphatic heterocycles. The van der Waals surface area contributed by atoms with Gasteiger partial charge in [0.05, 0.1) is 12.3 Å². The Bertz CT molecular complexity index is 150. The van der Waals surface area contributed by atoms with E-state index in [0.717, 1.165) is 26.0 Å². The zero-order chi connectivity index (χ0) is 10.4.